The third-order valence-corrected chi connectivity index (χ3v) is 5.40. The minimum absolute atomic E-state index is 0.522. The van der Waals surface area contributed by atoms with Crippen molar-refractivity contribution in [3.05, 3.63) is 17.8 Å². The van der Waals surface area contributed by atoms with Crippen molar-refractivity contribution in [3.63, 3.8) is 0 Å². The lowest BCUT2D eigenvalue weighted by atomic mass is 9.51. The van der Waals surface area contributed by atoms with Gasteiger partial charge in [0.25, 0.3) is 0 Å². The van der Waals surface area contributed by atoms with Crippen molar-refractivity contribution in [3.8, 4) is 0 Å². The molecular weight excluding hydrogens is 212 g/mol. The van der Waals surface area contributed by atoms with E-state index in [2.05, 4.69) is 4.98 Å². The molecule has 4 bridgehead atoms. The van der Waals surface area contributed by atoms with Crippen molar-refractivity contribution in [1.82, 2.24) is 4.98 Å². The minimum atomic E-state index is 0.522. The predicted molar refractivity (Wildman–Crippen MR) is 64.2 cm³/mol. The van der Waals surface area contributed by atoms with E-state index >= 15 is 0 Å². The molecule has 0 aliphatic heterocycles. The Morgan fingerprint density at radius 2 is 1.76 bits per heavy atom. The van der Waals surface area contributed by atoms with Crippen molar-refractivity contribution < 1.29 is 4.42 Å². The third kappa shape index (κ3) is 1.41. The summed E-state index contributed by atoms with van der Waals surface area (Å²) < 4.78 is 5.69. The van der Waals surface area contributed by atoms with Crippen LogP contribution in [0.1, 0.15) is 49.5 Å². The van der Waals surface area contributed by atoms with Crippen LogP contribution in [0.3, 0.4) is 0 Å². The molecule has 3 nitrogen and oxygen atoms in total. The lowest BCUT2D eigenvalue weighted by molar-refractivity contribution is -0.00998. The normalized spacial score (nSPS) is 43.2. The second-order valence-corrected chi connectivity index (χ2v) is 6.32. The van der Waals surface area contributed by atoms with E-state index in [0.717, 1.165) is 35.1 Å². The number of aromatic nitrogens is 1. The van der Waals surface area contributed by atoms with Crippen LogP contribution in [0.15, 0.2) is 10.8 Å². The van der Waals surface area contributed by atoms with Crippen molar-refractivity contribution in [1.29, 1.82) is 0 Å². The molecule has 4 saturated carbocycles. The molecule has 0 aromatic carbocycles. The van der Waals surface area contributed by atoms with Crippen LogP contribution >= 0.6 is 0 Å². The monoisotopic (exact) mass is 232 g/mol. The summed E-state index contributed by atoms with van der Waals surface area (Å²) in [7, 11) is 0. The molecule has 0 atom stereocenters. The molecule has 0 amide bonds. The first kappa shape index (κ1) is 10.1. The number of nitrogens with zero attached hydrogens (tertiary/aromatic N) is 1. The third-order valence-electron chi connectivity index (χ3n) is 5.40. The van der Waals surface area contributed by atoms with E-state index in [9.17, 15) is 0 Å². The highest BCUT2D eigenvalue weighted by Crippen LogP contribution is 2.60. The van der Waals surface area contributed by atoms with Crippen LogP contribution in [-0.2, 0) is 6.54 Å². The first-order valence-corrected chi connectivity index (χ1v) is 6.97. The van der Waals surface area contributed by atoms with Crippen molar-refractivity contribution in [2.24, 2.45) is 29.4 Å². The van der Waals surface area contributed by atoms with Gasteiger partial charge in [0.1, 0.15) is 5.76 Å². The van der Waals surface area contributed by atoms with Crippen molar-refractivity contribution in [2.45, 2.75) is 44.6 Å². The zero-order valence-electron chi connectivity index (χ0n) is 10.1. The Morgan fingerprint density at radius 3 is 2.35 bits per heavy atom. The summed E-state index contributed by atoms with van der Waals surface area (Å²) in [6, 6.07) is 0. The second kappa shape index (κ2) is 3.58. The molecule has 1 aromatic heterocycles. The van der Waals surface area contributed by atoms with Crippen LogP contribution < -0.4 is 5.73 Å². The second-order valence-electron chi connectivity index (χ2n) is 6.32. The maximum atomic E-state index is 5.77. The number of oxazole rings is 1. The van der Waals surface area contributed by atoms with Gasteiger partial charge in [-0.2, -0.15) is 0 Å². The average Bonchev–Trinajstić information content (AvgIpc) is 2.75. The molecule has 3 heteroatoms. The Balaban J connectivity index is 1.70. The maximum absolute atomic E-state index is 5.77. The number of nitrogens with two attached hydrogens (primary N) is 1. The van der Waals surface area contributed by atoms with Gasteiger partial charge in [-0.3, -0.25) is 0 Å². The van der Waals surface area contributed by atoms with Gasteiger partial charge in [-0.25, -0.2) is 4.98 Å². The van der Waals surface area contributed by atoms with Crippen LogP contribution in [-0.4, -0.2) is 4.98 Å². The largest absolute Gasteiger partial charge is 0.448 e. The first-order chi connectivity index (χ1) is 8.35. The Morgan fingerprint density at radius 1 is 1.12 bits per heavy atom. The lowest BCUT2D eigenvalue weighted by Gasteiger charge is -2.53. The van der Waals surface area contributed by atoms with Gasteiger partial charge in [-0.1, -0.05) is 0 Å². The van der Waals surface area contributed by atoms with Gasteiger partial charge in [-0.15, -0.1) is 0 Å². The molecule has 2 N–H and O–H groups in total. The summed E-state index contributed by atoms with van der Waals surface area (Å²) in [4.78, 5) is 4.28. The summed E-state index contributed by atoms with van der Waals surface area (Å²) in [5.74, 6) is 5.48. The van der Waals surface area contributed by atoms with E-state index in [4.69, 9.17) is 10.2 Å². The Kier molecular flexibility index (Phi) is 2.13. The lowest BCUT2D eigenvalue weighted by Crippen LogP contribution is -2.44. The topological polar surface area (TPSA) is 52.0 Å². The fourth-order valence-corrected chi connectivity index (χ4v) is 5.06. The molecule has 0 saturated heterocycles. The Labute approximate surface area is 102 Å². The Hall–Kier alpha value is -0.830. The minimum Gasteiger partial charge on any atom is -0.448 e. The van der Waals surface area contributed by atoms with E-state index < -0.39 is 0 Å². The van der Waals surface area contributed by atoms with E-state index in [1.165, 1.54) is 32.1 Å². The van der Waals surface area contributed by atoms with E-state index in [-0.39, 0.29) is 0 Å². The summed E-state index contributed by atoms with van der Waals surface area (Å²) in [6.07, 6.45) is 8.76. The summed E-state index contributed by atoms with van der Waals surface area (Å²) in [6.45, 7) is 0.522. The number of hydrogen-bond donors (Lipinski definition) is 1. The van der Waals surface area contributed by atoms with Gasteiger partial charge in [-0.05, 0) is 55.8 Å². The molecule has 4 fully saturated rings. The highest BCUT2D eigenvalue weighted by atomic mass is 16.3. The van der Waals surface area contributed by atoms with E-state index in [1.807, 2.05) is 0 Å². The highest BCUT2D eigenvalue weighted by Gasteiger charge is 2.50. The molecule has 4 aliphatic rings. The summed E-state index contributed by atoms with van der Waals surface area (Å²) in [5.41, 5.74) is 6.77. The van der Waals surface area contributed by atoms with E-state index in [0.29, 0.717) is 12.5 Å². The zero-order valence-corrected chi connectivity index (χ0v) is 10.1. The molecule has 1 aromatic rings. The molecule has 0 radical (unpaired) electrons. The SMILES string of the molecule is NCc1ncoc1C1C2CC3CC(C2)CC1C3. The Bertz CT molecular complexity index is 398. The van der Waals surface area contributed by atoms with Crippen LogP contribution in [0.2, 0.25) is 0 Å². The van der Waals surface area contributed by atoms with E-state index in [1.54, 1.807) is 6.39 Å². The maximum Gasteiger partial charge on any atom is 0.181 e. The van der Waals surface area contributed by atoms with Crippen LogP contribution in [0.5, 0.6) is 0 Å². The fourth-order valence-electron chi connectivity index (χ4n) is 5.06. The van der Waals surface area contributed by atoms with Gasteiger partial charge in [0.05, 0.1) is 5.69 Å². The molecule has 17 heavy (non-hydrogen) atoms. The van der Waals surface area contributed by atoms with Crippen LogP contribution in [0.25, 0.3) is 0 Å². The van der Waals surface area contributed by atoms with Gasteiger partial charge < -0.3 is 10.2 Å². The van der Waals surface area contributed by atoms with Crippen LogP contribution in [0.4, 0.5) is 0 Å². The molecule has 5 rings (SSSR count). The number of rotatable bonds is 2. The quantitative estimate of drug-likeness (QED) is 0.853. The van der Waals surface area contributed by atoms with Gasteiger partial charge in [0.15, 0.2) is 6.39 Å². The molecule has 1 heterocycles. The zero-order chi connectivity index (χ0) is 11.4. The summed E-state index contributed by atoms with van der Waals surface area (Å²) in [5, 5.41) is 0. The van der Waals surface area contributed by atoms with Gasteiger partial charge in [0.2, 0.25) is 0 Å². The average molecular weight is 232 g/mol. The highest BCUT2D eigenvalue weighted by molar-refractivity contribution is 5.19. The molecular formula is C14H20N2O. The van der Waals surface area contributed by atoms with Crippen LogP contribution in [0, 0.1) is 23.7 Å². The molecule has 92 valence electrons. The smallest absolute Gasteiger partial charge is 0.181 e. The van der Waals surface area contributed by atoms with Gasteiger partial charge >= 0.3 is 0 Å². The predicted octanol–water partition coefficient (Wildman–Crippen LogP) is 2.67. The molecule has 0 unspecified atom stereocenters. The van der Waals surface area contributed by atoms with Crippen molar-refractivity contribution in [2.75, 3.05) is 0 Å². The first-order valence-electron chi connectivity index (χ1n) is 6.97. The molecule has 4 aliphatic carbocycles. The number of hydrogen-bond acceptors (Lipinski definition) is 3. The molecule has 0 spiro atoms. The standard InChI is InChI=1S/C14H20N2O/c15-6-12-14(17-7-16-12)13-10-2-8-1-9(4-10)5-11(13)3-8/h7-11,13H,1-6,15H2. The summed E-state index contributed by atoms with van der Waals surface area (Å²) >= 11 is 0. The fraction of sp³-hybridized carbons (Fsp3) is 0.786. The van der Waals surface area contributed by atoms with Crippen molar-refractivity contribution >= 4 is 0 Å². The van der Waals surface area contributed by atoms with Gasteiger partial charge in [0, 0.05) is 12.5 Å².